The highest BCUT2D eigenvalue weighted by atomic mass is 16.3. The molecule has 2 heterocycles. The van der Waals surface area contributed by atoms with Gasteiger partial charge in [-0.25, -0.2) is 4.98 Å². The molecule has 0 fully saturated rings. The van der Waals surface area contributed by atoms with Crippen LogP contribution in [-0.2, 0) is 6.42 Å². The molecule has 0 saturated carbocycles. The molecule has 2 aromatic heterocycles. The van der Waals surface area contributed by atoms with Crippen LogP contribution in [0.2, 0.25) is 0 Å². The number of benzene rings is 2. The number of carbonyl (C=O) groups is 1. The second-order valence-corrected chi connectivity index (χ2v) is 5.76. The molecule has 0 bridgehead atoms. The molecule has 0 spiro atoms. The van der Waals surface area contributed by atoms with Gasteiger partial charge in [0.25, 0.3) is 5.91 Å². The summed E-state index contributed by atoms with van der Waals surface area (Å²) in [5.74, 6) is 0.262. The predicted molar refractivity (Wildman–Crippen MR) is 96.3 cm³/mol. The van der Waals surface area contributed by atoms with Gasteiger partial charge < -0.3 is 14.7 Å². The number of aromatic nitrogens is 2. The normalized spacial score (nSPS) is 10.9. The van der Waals surface area contributed by atoms with E-state index in [2.05, 4.69) is 21.4 Å². The van der Waals surface area contributed by atoms with E-state index >= 15 is 0 Å². The Bertz CT molecular complexity index is 1000. The first-order valence-corrected chi connectivity index (χ1v) is 8.15. The monoisotopic (exact) mass is 331 g/mol. The minimum Gasteiger partial charge on any atom is -0.443 e. The van der Waals surface area contributed by atoms with Crippen LogP contribution in [0.3, 0.4) is 0 Å². The summed E-state index contributed by atoms with van der Waals surface area (Å²) < 4.78 is 5.40. The standard InChI is InChI=1S/C20H17N3O2/c24-20(18-19(25-13-23-18)14-6-2-1-3-7-14)21-11-10-15-12-22-17-9-5-4-8-16(15)17/h1-9,12-13,22H,10-11H2,(H,21,24). The van der Waals surface area contributed by atoms with Crippen LogP contribution >= 0.6 is 0 Å². The summed E-state index contributed by atoms with van der Waals surface area (Å²) in [6.45, 7) is 0.530. The van der Waals surface area contributed by atoms with Gasteiger partial charge in [-0.3, -0.25) is 4.79 Å². The lowest BCUT2D eigenvalue weighted by atomic mass is 10.1. The van der Waals surface area contributed by atoms with E-state index < -0.39 is 0 Å². The number of fused-ring (bicyclic) bond motifs is 1. The Balaban J connectivity index is 1.44. The average molecular weight is 331 g/mol. The smallest absolute Gasteiger partial charge is 0.273 e. The highest BCUT2D eigenvalue weighted by Crippen LogP contribution is 2.22. The molecule has 25 heavy (non-hydrogen) atoms. The maximum atomic E-state index is 12.5. The van der Waals surface area contributed by atoms with E-state index in [1.54, 1.807) is 0 Å². The zero-order valence-corrected chi connectivity index (χ0v) is 13.5. The van der Waals surface area contributed by atoms with Crippen molar-refractivity contribution in [3.8, 4) is 11.3 Å². The molecule has 0 aliphatic heterocycles. The lowest BCUT2D eigenvalue weighted by molar-refractivity contribution is 0.0950. The zero-order valence-electron chi connectivity index (χ0n) is 13.5. The van der Waals surface area contributed by atoms with Crippen molar-refractivity contribution in [3.05, 3.63) is 78.4 Å². The highest BCUT2D eigenvalue weighted by molar-refractivity contribution is 5.97. The van der Waals surface area contributed by atoms with Crippen LogP contribution in [-0.4, -0.2) is 22.4 Å². The lowest BCUT2D eigenvalue weighted by Gasteiger charge is -2.04. The first kappa shape index (κ1) is 15.2. The molecular formula is C20H17N3O2. The fourth-order valence-corrected chi connectivity index (χ4v) is 2.94. The molecule has 0 aliphatic rings. The maximum Gasteiger partial charge on any atom is 0.273 e. The third-order valence-electron chi connectivity index (χ3n) is 4.17. The summed E-state index contributed by atoms with van der Waals surface area (Å²) in [6, 6.07) is 17.6. The molecule has 0 unspecified atom stereocenters. The third kappa shape index (κ3) is 3.04. The molecule has 0 atom stereocenters. The number of nitrogens with zero attached hydrogens (tertiary/aromatic N) is 1. The summed E-state index contributed by atoms with van der Waals surface area (Å²) in [5, 5.41) is 4.11. The number of para-hydroxylation sites is 1. The summed E-state index contributed by atoms with van der Waals surface area (Å²) in [5.41, 5.74) is 3.43. The van der Waals surface area contributed by atoms with Gasteiger partial charge in [-0.15, -0.1) is 0 Å². The lowest BCUT2D eigenvalue weighted by Crippen LogP contribution is -2.26. The molecule has 4 aromatic rings. The van der Waals surface area contributed by atoms with Gasteiger partial charge in [0, 0.05) is 29.2 Å². The van der Waals surface area contributed by atoms with Crippen LogP contribution < -0.4 is 5.32 Å². The van der Waals surface area contributed by atoms with E-state index in [9.17, 15) is 4.79 Å². The van der Waals surface area contributed by atoms with Crippen LogP contribution in [0.5, 0.6) is 0 Å². The molecule has 0 radical (unpaired) electrons. The maximum absolute atomic E-state index is 12.5. The number of H-pyrrole nitrogens is 1. The predicted octanol–water partition coefficient (Wildman–Crippen LogP) is 3.80. The van der Waals surface area contributed by atoms with Crippen LogP contribution in [0.1, 0.15) is 16.1 Å². The number of rotatable bonds is 5. The second-order valence-electron chi connectivity index (χ2n) is 5.76. The van der Waals surface area contributed by atoms with Crippen molar-refractivity contribution in [2.24, 2.45) is 0 Å². The summed E-state index contributed by atoms with van der Waals surface area (Å²) >= 11 is 0. The highest BCUT2D eigenvalue weighted by Gasteiger charge is 2.17. The van der Waals surface area contributed by atoms with Crippen LogP contribution in [0.15, 0.2) is 71.6 Å². The van der Waals surface area contributed by atoms with Gasteiger partial charge in [0.05, 0.1) is 0 Å². The van der Waals surface area contributed by atoms with Gasteiger partial charge in [0.2, 0.25) is 0 Å². The van der Waals surface area contributed by atoms with Crippen LogP contribution in [0, 0.1) is 0 Å². The third-order valence-corrected chi connectivity index (χ3v) is 4.17. The summed E-state index contributed by atoms with van der Waals surface area (Å²) in [6.07, 6.45) is 4.04. The number of oxazole rings is 1. The minimum absolute atomic E-state index is 0.229. The van der Waals surface area contributed by atoms with Gasteiger partial charge in [-0.2, -0.15) is 0 Å². The van der Waals surface area contributed by atoms with Crippen molar-refractivity contribution in [2.75, 3.05) is 6.54 Å². The van der Waals surface area contributed by atoms with E-state index in [1.807, 2.05) is 54.7 Å². The Morgan fingerprint density at radius 3 is 2.76 bits per heavy atom. The van der Waals surface area contributed by atoms with Crippen molar-refractivity contribution in [1.82, 2.24) is 15.3 Å². The van der Waals surface area contributed by atoms with Gasteiger partial charge in [-0.05, 0) is 18.1 Å². The van der Waals surface area contributed by atoms with Gasteiger partial charge >= 0.3 is 0 Å². The minimum atomic E-state index is -0.229. The van der Waals surface area contributed by atoms with Crippen molar-refractivity contribution in [1.29, 1.82) is 0 Å². The van der Waals surface area contributed by atoms with Gasteiger partial charge in [0.15, 0.2) is 17.8 Å². The fraction of sp³-hybridized carbons (Fsp3) is 0.100. The number of hydrogen-bond donors (Lipinski definition) is 2. The second kappa shape index (κ2) is 6.65. The Labute approximate surface area is 144 Å². The SMILES string of the molecule is O=C(NCCc1c[nH]c2ccccc12)c1ncoc1-c1ccccc1. The molecule has 124 valence electrons. The van der Waals surface area contributed by atoms with Crippen molar-refractivity contribution >= 4 is 16.8 Å². The first-order valence-electron chi connectivity index (χ1n) is 8.15. The number of hydrogen-bond acceptors (Lipinski definition) is 3. The summed E-state index contributed by atoms with van der Waals surface area (Å²) in [4.78, 5) is 19.8. The Morgan fingerprint density at radius 1 is 1.08 bits per heavy atom. The van der Waals surface area contributed by atoms with E-state index in [4.69, 9.17) is 4.42 Å². The molecular weight excluding hydrogens is 314 g/mol. The van der Waals surface area contributed by atoms with E-state index in [0.29, 0.717) is 18.0 Å². The van der Waals surface area contributed by atoms with E-state index in [0.717, 1.165) is 17.5 Å². The van der Waals surface area contributed by atoms with Gasteiger partial charge in [0.1, 0.15) is 0 Å². The van der Waals surface area contributed by atoms with Crippen LogP contribution in [0.4, 0.5) is 0 Å². The van der Waals surface area contributed by atoms with E-state index in [1.165, 1.54) is 17.3 Å². The van der Waals surface area contributed by atoms with Crippen molar-refractivity contribution < 1.29 is 9.21 Å². The topological polar surface area (TPSA) is 70.9 Å². The number of nitrogens with one attached hydrogen (secondary N) is 2. The quantitative estimate of drug-likeness (QED) is 0.584. The zero-order chi connectivity index (χ0) is 17.1. The van der Waals surface area contributed by atoms with Crippen molar-refractivity contribution in [2.45, 2.75) is 6.42 Å². The number of carbonyl (C=O) groups excluding carboxylic acids is 1. The fourth-order valence-electron chi connectivity index (χ4n) is 2.94. The Kier molecular flexibility index (Phi) is 4.04. The van der Waals surface area contributed by atoms with E-state index in [-0.39, 0.29) is 5.91 Å². The molecule has 0 aliphatic carbocycles. The molecule has 0 saturated heterocycles. The molecule has 1 amide bonds. The summed E-state index contributed by atoms with van der Waals surface area (Å²) in [7, 11) is 0. The molecule has 2 aromatic carbocycles. The van der Waals surface area contributed by atoms with Crippen LogP contribution in [0.25, 0.3) is 22.2 Å². The van der Waals surface area contributed by atoms with Gasteiger partial charge in [-0.1, -0.05) is 48.5 Å². The number of aromatic amines is 1. The Morgan fingerprint density at radius 2 is 1.88 bits per heavy atom. The average Bonchev–Trinajstić information content (AvgIpc) is 3.30. The molecule has 5 heteroatoms. The Hall–Kier alpha value is -3.34. The van der Waals surface area contributed by atoms with Crippen molar-refractivity contribution in [3.63, 3.8) is 0 Å². The molecule has 4 rings (SSSR count). The number of amides is 1. The largest absolute Gasteiger partial charge is 0.443 e. The molecule has 5 nitrogen and oxygen atoms in total. The first-order chi connectivity index (χ1) is 12.3. The molecule has 2 N–H and O–H groups in total.